The summed E-state index contributed by atoms with van der Waals surface area (Å²) in [6, 6.07) is 22.2. The SMILES string of the molecule is Cc1c[n+]2c(cn1)-c1cc(C(F)(F)F)nn1C21n2nc(C)cc2-c2cccc[n+]21.Cc1cc2n(n1)C1(n3nc(C(F)(F)F)c(C)c3-c3cncc[n+]31)[n+]1ccc(C(C)(C)C)cc1-2.Cc1cc2n(n1)C1(n3nc(C(F)(F)F)c(C)c3-c3cncc[n+]31)[n+]1ccccc1-2. The molecule has 456 valence electrons. The van der Waals surface area contributed by atoms with Crippen LogP contribution >= 0.6 is 0 Å². The van der Waals surface area contributed by atoms with E-state index in [1.165, 1.54) is 27.9 Å². The van der Waals surface area contributed by atoms with Crippen LogP contribution in [0, 0.1) is 41.5 Å². The van der Waals surface area contributed by atoms with Crippen LogP contribution in [0.15, 0.2) is 141 Å². The molecule has 0 aromatic carbocycles. The molecule has 3 spiro atoms. The van der Waals surface area contributed by atoms with E-state index < -0.39 is 53.3 Å². The second-order valence-corrected chi connectivity index (χ2v) is 24.1. The summed E-state index contributed by atoms with van der Waals surface area (Å²) in [6.45, 7) is 16.7. The van der Waals surface area contributed by atoms with Gasteiger partial charge in [0.1, 0.15) is 41.4 Å². The fourth-order valence-corrected chi connectivity index (χ4v) is 13.9. The van der Waals surface area contributed by atoms with Crippen LogP contribution in [0.25, 0.3) is 68.3 Å². The van der Waals surface area contributed by atoms with Crippen molar-refractivity contribution in [3.63, 3.8) is 0 Å². The minimum atomic E-state index is -4.58. The Hall–Kier alpha value is -10.7. The van der Waals surface area contributed by atoms with E-state index in [0.717, 1.165) is 68.6 Å². The quantitative estimate of drug-likeness (QED) is 0.116. The van der Waals surface area contributed by atoms with Crippen LogP contribution in [0.3, 0.4) is 0 Å². The van der Waals surface area contributed by atoms with Crippen molar-refractivity contribution in [2.45, 2.75) is 104 Å². The van der Waals surface area contributed by atoms with Gasteiger partial charge in [-0.25, -0.2) is 4.98 Å². The summed E-state index contributed by atoms with van der Waals surface area (Å²) in [4.78, 5) is 12.7. The van der Waals surface area contributed by atoms with Crippen LogP contribution in [-0.4, -0.2) is 73.6 Å². The summed E-state index contributed by atoms with van der Waals surface area (Å²) in [5.41, 5.74) is 8.99. The van der Waals surface area contributed by atoms with Crippen LogP contribution in [0.5, 0.6) is 0 Å². The summed E-state index contributed by atoms with van der Waals surface area (Å²) in [6.07, 6.45) is 5.12. The van der Waals surface area contributed by atoms with Crippen molar-refractivity contribution in [1.82, 2.24) is 73.6 Å². The fourth-order valence-electron chi connectivity index (χ4n) is 13.9. The molecule has 91 heavy (non-hydrogen) atoms. The predicted octanol–water partition coefficient (Wildman–Crippen LogP) is 6.87. The molecule has 21 nitrogen and oxygen atoms in total. The van der Waals surface area contributed by atoms with Crippen molar-refractivity contribution >= 4 is 0 Å². The van der Waals surface area contributed by atoms with Gasteiger partial charge in [0.25, 0.3) is 17.1 Å². The van der Waals surface area contributed by atoms with Crippen molar-refractivity contribution in [2.75, 3.05) is 0 Å². The van der Waals surface area contributed by atoms with Gasteiger partial charge in [-0.15, -0.1) is 28.1 Å². The van der Waals surface area contributed by atoms with E-state index in [1.54, 1.807) is 57.4 Å². The highest BCUT2D eigenvalue weighted by Crippen LogP contribution is 2.46. The molecule has 0 radical (unpaired) electrons. The van der Waals surface area contributed by atoms with E-state index in [9.17, 15) is 39.5 Å². The second-order valence-electron chi connectivity index (χ2n) is 24.1. The van der Waals surface area contributed by atoms with Crippen molar-refractivity contribution in [3.05, 3.63) is 198 Å². The van der Waals surface area contributed by atoms with Crippen molar-refractivity contribution < 1.29 is 66.9 Å². The zero-order chi connectivity index (χ0) is 63.8. The number of alkyl halides is 9. The maximum Gasteiger partial charge on any atom is 0.583 e. The Labute approximate surface area is 508 Å². The first-order valence-electron chi connectivity index (χ1n) is 28.6. The summed E-state index contributed by atoms with van der Waals surface area (Å²) < 4.78 is 144. The first-order chi connectivity index (χ1) is 43.1. The maximum atomic E-state index is 13.9. The molecule has 6 aliphatic rings. The van der Waals surface area contributed by atoms with Gasteiger partial charge in [0.05, 0.1) is 29.5 Å². The molecule has 3 unspecified atom stereocenters. The van der Waals surface area contributed by atoms with E-state index in [2.05, 4.69) is 67.3 Å². The van der Waals surface area contributed by atoms with Gasteiger partial charge in [0.2, 0.25) is 23.3 Å². The smallest absolute Gasteiger partial charge is 0.251 e. The normalized spacial score (nSPS) is 18.6. The second kappa shape index (κ2) is 17.8. The van der Waals surface area contributed by atoms with Gasteiger partial charge >= 0.3 is 36.3 Å². The van der Waals surface area contributed by atoms with E-state index in [-0.39, 0.29) is 16.5 Å². The molecule has 18 rings (SSSR count). The van der Waals surface area contributed by atoms with Crippen LogP contribution in [-0.2, 0) is 41.7 Å². The Morgan fingerprint density at radius 1 is 0.385 bits per heavy atom. The lowest BCUT2D eigenvalue weighted by molar-refractivity contribution is -0.991. The largest absolute Gasteiger partial charge is 0.583 e. The molecule has 12 aromatic rings. The highest BCUT2D eigenvalue weighted by molar-refractivity contribution is 5.64. The Kier molecular flexibility index (Phi) is 10.9. The minimum Gasteiger partial charge on any atom is -0.251 e. The lowest BCUT2D eigenvalue weighted by Crippen LogP contribution is -2.77. The molecule has 0 aliphatic carbocycles. The fraction of sp³-hybridized carbons (Fsp3) is 0.262. The Balaban J connectivity index is 0.000000109. The summed E-state index contributed by atoms with van der Waals surface area (Å²) in [5, 5.41) is 26.3. The van der Waals surface area contributed by atoms with Crippen molar-refractivity contribution in [2.24, 2.45) is 0 Å². The molecule has 18 heterocycles. The van der Waals surface area contributed by atoms with Crippen molar-refractivity contribution in [1.29, 1.82) is 0 Å². The molecule has 0 fully saturated rings. The van der Waals surface area contributed by atoms with Gasteiger partial charge in [-0.1, -0.05) is 48.2 Å². The van der Waals surface area contributed by atoms with Gasteiger partial charge in [-0.05, 0) is 82.9 Å². The summed E-state index contributed by atoms with van der Waals surface area (Å²) in [7, 11) is 0. The monoisotopic (exact) mass is 1250 g/mol. The van der Waals surface area contributed by atoms with Gasteiger partial charge in [0.15, 0.2) is 65.1 Å². The maximum absolute atomic E-state index is 13.9. The highest BCUT2D eigenvalue weighted by Gasteiger charge is 2.74. The Morgan fingerprint density at radius 3 is 1.27 bits per heavy atom. The van der Waals surface area contributed by atoms with Gasteiger partial charge in [-0.2, -0.15) is 70.1 Å². The average Bonchev–Trinajstić information content (AvgIpc) is 1.52. The third-order valence-electron chi connectivity index (χ3n) is 17.5. The zero-order valence-electron chi connectivity index (χ0n) is 49.6. The summed E-state index contributed by atoms with van der Waals surface area (Å²) in [5.74, 6) is -3.86. The summed E-state index contributed by atoms with van der Waals surface area (Å²) >= 11 is 0. The predicted molar refractivity (Wildman–Crippen MR) is 295 cm³/mol. The number of fused-ring (bicyclic) bond motifs is 30. The van der Waals surface area contributed by atoms with Crippen LogP contribution in [0.1, 0.15) is 77.3 Å². The number of halogens is 9. The molecular formula is C61H50F9N21+6. The highest BCUT2D eigenvalue weighted by atomic mass is 19.4. The van der Waals surface area contributed by atoms with Gasteiger partial charge in [0, 0.05) is 53.6 Å². The molecule has 0 bridgehead atoms. The topological polar surface area (TPSA) is 169 Å². The number of hydrogen-bond donors (Lipinski definition) is 0. The van der Waals surface area contributed by atoms with E-state index >= 15 is 0 Å². The van der Waals surface area contributed by atoms with Crippen LogP contribution in [0.4, 0.5) is 39.5 Å². The van der Waals surface area contributed by atoms with Crippen LogP contribution < -0.4 is 27.4 Å². The Bertz CT molecular complexity index is 5060. The van der Waals surface area contributed by atoms with E-state index in [4.69, 9.17) is 5.10 Å². The lowest BCUT2D eigenvalue weighted by atomic mass is 9.87. The first kappa shape index (κ1) is 55.6. The van der Waals surface area contributed by atoms with Crippen LogP contribution in [0.2, 0.25) is 0 Å². The number of aryl methyl sites for hydroxylation is 4. The number of nitrogens with zero attached hydrogens (tertiary/aromatic N) is 21. The minimum absolute atomic E-state index is 0.0616. The molecule has 6 aliphatic heterocycles. The third kappa shape index (κ3) is 7.05. The number of aromatic nitrogens is 21. The third-order valence-corrected chi connectivity index (χ3v) is 17.5. The molecule has 0 saturated carbocycles. The standard InChI is InChI=1S/C23H22F3N7.2C19H14F3N7/c1-13-10-17-16-11-15(21(3,4)5)6-8-30(16)23(32(17)28-13)31-9-7-27-12-18(31)19-14(2)20(22(24,25)26)29-33(19)23;1-11-9-14-13-5-3-4-7-26(13)19(28(14)24-11)27-8-6-23-10-15(27)16-12(2)17(18(20,21)22)25-29(16)19;1-11-7-14-13-5-3-4-6-26(13)19(28(14)24-11)27-10-12(2)23-9-16(27)15-8-17(18(20,21)22)25-29(15)19/h6-12H,1-5H3;2*3-10H,1-2H3/q3*+2. The molecule has 12 aromatic heterocycles. The molecule has 0 N–H and O–H groups in total. The molecule has 3 atom stereocenters. The van der Waals surface area contributed by atoms with Gasteiger partial charge < -0.3 is 0 Å². The number of hydrogen-bond acceptors (Lipinski definition) is 9. The first-order valence-corrected chi connectivity index (χ1v) is 28.6. The lowest BCUT2D eigenvalue weighted by Gasteiger charge is -2.19. The average molecular weight is 1250 g/mol. The zero-order valence-corrected chi connectivity index (χ0v) is 49.6. The molecule has 0 saturated heterocycles. The Morgan fingerprint density at radius 2 is 0.813 bits per heavy atom. The van der Waals surface area contributed by atoms with Crippen molar-refractivity contribution in [3.8, 4) is 68.3 Å². The van der Waals surface area contributed by atoms with Gasteiger partial charge in [-0.3, -0.25) is 9.97 Å². The molecule has 30 heteroatoms. The molecule has 0 amide bonds. The number of pyridine rings is 3. The van der Waals surface area contributed by atoms with E-state index in [0.29, 0.717) is 34.2 Å². The number of rotatable bonds is 0. The van der Waals surface area contributed by atoms with E-state index in [1.807, 2.05) is 141 Å². The molecular weight excluding hydrogens is 1200 g/mol.